The van der Waals surface area contributed by atoms with Gasteiger partial charge in [-0.05, 0) is 83.9 Å². The minimum Gasteiger partial charge on any atom is -0.443 e. The van der Waals surface area contributed by atoms with Crippen molar-refractivity contribution in [3.05, 3.63) is 96.3 Å². The number of thioether (sulfide) groups is 1. The number of imide groups is 1. The summed E-state index contributed by atoms with van der Waals surface area (Å²) in [6.07, 6.45) is 3.99. The van der Waals surface area contributed by atoms with Crippen LogP contribution in [0.1, 0.15) is 58.2 Å². The summed E-state index contributed by atoms with van der Waals surface area (Å²) in [4.78, 5) is 41.7. The zero-order valence-electron chi connectivity index (χ0n) is 27.9. The van der Waals surface area contributed by atoms with Crippen molar-refractivity contribution in [2.24, 2.45) is 0 Å². The first-order chi connectivity index (χ1) is 22.5. The number of aryl methyl sites for hydroxylation is 1. The molecule has 5 aromatic rings. The minimum atomic E-state index is -3.88. The van der Waals surface area contributed by atoms with Gasteiger partial charge in [0.25, 0.3) is 10.0 Å². The Kier molecular flexibility index (Phi) is 9.70. The number of benzene rings is 2. The average Bonchev–Trinajstić information content (AvgIpc) is 3.60. The molecule has 2 aromatic carbocycles. The van der Waals surface area contributed by atoms with Crippen molar-refractivity contribution in [2.45, 2.75) is 81.8 Å². The van der Waals surface area contributed by atoms with Gasteiger partial charge in [0, 0.05) is 23.0 Å². The number of ether oxygens (including phenoxy) is 2. The average molecular weight is 691 g/mol. The predicted molar refractivity (Wildman–Crippen MR) is 184 cm³/mol. The smallest absolute Gasteiger partial charge is 0.425 e. The monoisotopic (exact) mass is 690 g/mol. The third-order valence-corrected chi connectivity index (χ3v) is 9.49. The molecule has 3 aromatic heterocycles. The lowest BCUT2D eigenvalue weighted by atomic mass is 10.2. The summed E-state index contributed by atoms with van der Waals surface area (Å²) in [5.41, 5.74) is 1.09. The van der Waals surface area contributed by atoms with E-state index < -0.39 is 33.4 Å². The maximum atomic E-state index is 13.7. The first kappa shape index (κ1) is 34.6. The van der Waals surface area contributed by atoms with Gasteiger partial charge in [0.1, 0.15) is 17.5 Å². The molecule has 0 unspecified atom stereocenters. The van der Waals surface area contributed by atoms with E-state index in [2.05, 4.69) is 15.0 Å². The zero-order valence-corrected chi connectivity index (χ0v) is 29.5. The summed E-state index contributed by atoms with van der Waals surface area (Å²) >= 11 is 1.58. The molecule has 0 spiro atoms. The third kappa shape index (κ3) is 8.05. The highest BCUT2D eigenvalue weighted by Gasteiger charge is 2.35. The second-order valence-corrected chi connectivity index (χ2v) is 16.0. The van der Waals surface area contributed by atoms with Crippen LogP contribution >= 0.6 is 11.8 Å². The quantitative estimate of drug-likeness (QED) is 0.154. The Bertz CT molecular complexity index is 2020. The topological polar surface area (TPSA) is 139 Å². The van der Waals surface area contributed by atoms with E-state index in [-0.39, 0.29) is 22.8 Å². The second kappa shape index (κ2) is 13.4. The summed E-state index contributed by atoms with van der Waals surface area (Å²) in [6.45, 7) is 12.2. The van der Waals surface area contributed by atoms with E-state index in [4.69, 9.17) is 9.47 Å². The van der Waals surface area contributed by atoms with Crippen molar-refractivity contribution < 1.29 is 27.5 Å². The number of carbonyl (C=O) groups excluding carboxylic acids is 2. The Morgan fingerprint density at radius 1 is 0.833 bits per heavy atom. The fraction of sp³-hybridized carbons (Fsp3) is 0.324. The first-order valence-corrected chi connectivity index (χ1v) is 17.6. The molecular formula is C34H38N6O6S2. The Balaban J connectivity index is 1.55. The van der Waals surface area contributed by atoms with E-state index in [0.717, 1.165) is 16.0 Å². The van der Waals surface area contributed by atoms with Crippen LogP contribution in [0.25, 0.3) is 11.2 Å². The van der Waals surface area contributed by atoms with Crippen LogP contribution in [-0.2, 0) is 31.8 Å². The van der Waals surface area contributed by atoms with Gasteiger partial charge in [0.05, 0.1) is 17.8 Å². The molecule has 0 bridgehead atoms. The Labute approximate surface area is 284 Å². The Morgan fingerprint density at radius 3 is 2.04 bits per heavy atom. The van der Waals surface area contributed by atoms with E-state index in [0.29, 0.717) is 21.9 Å². The third-order valence-electron chi connectivity index (χ3n) is 6.80. The summed E-state index contributed by atoms with van der Waals surface area (Å²) in [6, 6.07) is 16.5. The Morgan fingerprint density at radius 2 is 1.44 bits per heavy atom. The predicted octanol–water partition coefficient (Wildman–Crippen LogP) is 7.19. The van der Waals surface area contributed by atoms with Crippen molar-refractivity contribution >= 4 is 51.0 Å². The number of carbonyl (C=O) groups is 2. The SMILES string of the molecule is Cc1ccc(S(=O)(=O)n2cc(CSc3ccccc3)c(Cn3cnc4c(N(C(=O)OC(C)(C)C)C(=O)OC(C)(C)C)ncnc43)c2)cc1. The van der Waals surface area contributed by atoms with Crippen molar-refractivity contribution in [2.75, 3.05) is 4.90 Å². The van der Waals surface area contributed by atoms with Crippen LogP contribution in [-0.4, -0.2) is 55.3 Å². The van der Waals surface area contributed by atoms with Gasteiger partial charge in [-0.2, -0.15) is 4.90 Å². The molecule has 2 amide bonds. The molecular weight excluding hydrogens is 653 g/mol. The van der Waals surface area contributed by atoms with E-state index in [1.54, 1.807) is 94.5 Å². The molecule has 48 heavy (non-hydrogen) atoms. The van der Waals surface area contributed by atoms with Crippen LogP contribution in [0, 0.1) is 6.92 Å². The molecule has 5 rings (SSSR count). The van der Waals surface area contributed by atoms with Crippen molar-refractivity contribution in [1.82, 2.24) is 23.5 Å². The highest BCUT2D eigenvalue weighted by Crippen LogP contribution is 2.30. The molecule has 12 nitrogen and oxygen atoms in total. The van der Waals surface area contributed by atoms with Crippen LogP contribution in [0.4, 0.5) is 15.4 Å². The van der Waals surface area contributed by atoms with Crippen molar-refractivity contribution in [1.29, 1.82) is 0 Å². The van der Waals surface area contributed by atoms with E-state index in [1.807, 2.05) is 37.3 Å². The molecule has 3 heterocycles. The van der Waals surface area contributed by atoms with E-state index in [1.165, 1.54) is 16.6 Å². The number of imidazole rings is 1. The maximum Gasteiger partial charge on any atom is 0.425 e. The van der Waals surface area contributed by atoms with Gasteiger partial charge < -0.3 is 14.0 Å². The first-order valence-electron chi connectivity index (χ1n) is 15.1. The number of amides is 2. The van der Waals surface area contributed by atoms with Crippen LogP contribution in [0.2, 0.25) is 0 Å². The van der Waals surface area contributed by atoms with Gasteiger partial charge in [-0.15, -0.1) is 11.8 Å². The molecule has 0 radical (unpaired) electrons. The molecule has 0 atom stereocenters. The number of fused-ring (bicyclic) bond motifs is 1. The lowest BCUT2D eigenvalue weighted by molar-refractivity contribution is 0.0429. The van der Waals surface area contributed by atoms with Crippen LogP contribution < -0.4 is 4.90 Å². The lowest BCUT2D eigenvalue weighted by Crippen LogP contribution is -2.44. The lowest BCUT2D eigenvalue weighted by Gasteiger charge is -2.28. The summed E-state index contributed by atoms with van der Waals surface area (Å²) in [5, 5.41) is 0. The minimum absolute atomic E-state index is 0.110. The van der Waals surface area contributed by atoms with Gasteiger partial charge in [-0.1, -0.05) is 35.9 Å². The van der Waals surface area contributed by atoms with Crippen LogP contribution in [0.15, 0.2) is 89.4 Å². The Hall–Kier alpha value is -4.69. The van der Waals surface area contributed by atoms with Crippen molar-refractivity contribution in [3.63, 3.8) is 0 Å². The summed E-state index contributed by atoms with van der Waals surface area (Å²) < 4.78 is 41.3. The highest BCUT2D eigenvalue weighted by molar-refractivity contribution is 7.98. The largest absolute Gasteiger partial charge is 0.443 e. The molecule has 0 aliphatic carbocycles. The van der Waals surface area contributed by atoms with Gasteiger partial charge in [-0.25, -0.2) is 36.9 Å². The number of aromatic nitrogens is 5. The number of hydrogen-bond donors (Lipinski definition) is 0. The zero-order chi connectivity index (χ0) is 34.9. The fourth-order valence-electron chi connectivity index (χ4n) is 4.62. The van der Waals surface area contributed by atoms with E-state index >= 15 is 0 Å². The number of anilines is 1. The second-order valence-electron chi connectivity index (χ2n) is 13.1. The van der Waals surface area contributed by atoms with Crippen LogP contribution in [0.5, 0.6) is 0 Å². The number of nitrogens with zero attached hydrogens (tertiary/aromatic N) is 6. The highest BCUT2D eigenvalue weighted by atomic mass is 32.2. The van der Waals surface area contributed by atoms with Gasteiger partial charge in [0.2, 0.25) is 0 Å². The molecule has 0 aliphatic rings. The molecule has 0 N–H and O–H groups in total. The summed E-state index contributed by atoms with van der Waals surface area (Å²) in [7, 11) is -3.88. The molecule has 0 saturated carbocycles. The molecule has 0 aliphatic heterocycles. The van der Waals surface area contributed by atoms with Gasteiger partial charge in [-0.3, -0.25) is 0 Å². The standard InChI is InChI=1S/C34H38N6O6S2/c1-23-13-15-27(16-14-23)48(43,44)39-18-24(25(19-39)20-47-26-11-9-8-10-12-26)17-38-22-37-28-29(38)35-21-36-30(28)40(31(41)45-33(2,3)4)32(42)46-34(5,6)7/h8-16,18-19,21-22H,17,20H2,1-7H3. The number of rotatable bonds is 8. The fourth-order valence-corrected chi connectivity index (χ4v) is 6.81. The summed E-state index contributed by atoms with van der Waals surface area (Å²) in [5.74, 6) is 0.384. The normalized spacial score (nSPS) is 12.2. The molecule has 14 heteroatoms. The molecule has 0 fully saturated rings. The van der Waals surface area contributed by atoms with Gasteiger partial charge >= 0.3 is 12.2 Å². The molecule has 0 saturated heterocycles. The maximum absolute atomic E-state index is 13.7. The molecule has 252 valence electrons. The van der Waals surface area contributed by atoms with Crippen LogP contribution in [0.3, 0.4) is 0 Å². The number of hydrogen-bond acceptors (Lipinski definition) is 10. The van der Waals surface area contributed by atoms with Gasteiger partial charge in [0.15, 0.2) is 17.0 Å². The van der Waals surface area contributed by atoms with Crippen molar-refractivity contribution in [3.8, 4) is 0 Å². The van der Waals surface area contributed by atoms with E-state index in [9.17, 15) is 18.0 Å².